The molecular weight excluding hydrogens is 364 g/mol. The fourth-order valence-electron chi connectivity index (χ4n) is 1.92. The van der Waals surface area contributed by atoms with Gasteiger partial charge in [0.15, 0.2) is 0 Å². The van der Waals surface area contributed by atoms with Crippen molar-refractivity contribution in [1.82, 2.24) is 5.32 Å². The van der Waals surface area contributed by atoms with Crippen LogP contribution in [0.2, 0.25) is 10.0 Å². The topological polar surface area (TPSA) is 41.1 Å². The van der Waals surface area contributed by atoms with Crippen LogP contribution in [0.15, 0.2) is 36.4 Å². The van der Waals surface area contributed by atoms with Crippen molar-refractivity contribution >= 4 is 34.9 Å². The highest BCUT2D eigenvalue weighted by atomic mass is 35.5. The number of carbonyl (C=O) groups is 1. The molecule has 0 spiro atoms. The lowest BCUT2D eigenvalue weighted by Crippen LogP contribution is -2.28. The van der Waals surface area contributed by atoms with Crippen LogP contribution in [-0.2, 0) is 12.7 Å². The minimum atomic E-state index is -4.59. The second-order valence-electron chi connectivity index (χ2n) is 5.08. The monoisotopic (exact) mass is 376 g/mol. The van der Waals surface area contributed by atoms with Crippen molar-refractivity contribution in [3.8, 4) is 0 Å². The zero-order valence-corrected chi connectivity index (χ0v) is 14.0. The van der Waals surface area contributed by atoms with Gasteiger partial charge in [-0.25, -0.2) is 4.79 Å². The third kappa shape index (κ3) is 4.79. The number of urea groups is 1. The Labute approximate surface area is 146 Å². The maximum absolute atomic E-state index is 12.8. The SMILES string of the molecule is Cc1ccc(CNC(=O)Nc2ccc(Cl)c(C(F)(F)F)c2)cc1Cl. The van der Waals surface area contributed by atoms with Crippen LogP contribution in [0, 0.1) is 6.92 Å². The van der Waals surface area contributed by atoms with Gasteiger partial charge in [0.25, 0.3) is 0 Å². The summed E-state index contributed by atoms with van der Waals surface area (Å²) in [6.07, 6.45) is -4.59. The summed E-state index contributed by atoms with van der Waals surface area (Å²) < 4.78 is 38.3. The van der Waals surface area contributed by atoms with Gasteiger partial charge in [0.05, 0.1) is 10.6 Å². The van der Waals surface area contributed by atoms with Crippen molar-refractivity contribution in [3.05, 3.63) is 63.1 Å². The summed E-state index contributed by atoms with van der Waals surface area (Å²) >= 11 is 11.5. The molecule has 0 bridgehead atoms. The van der Waals surface area contributed by atoms with E-state index in [0.717, 1.165) is 23.3 Å². The average molecular weight is 377 g/mol. The van der Waals surface area contributed by atoms with E-state index in [1.54, 1.807) is 12.1 Å². The lowest BCUT2D eigenvalue weighted by Gasteiger charge is -2.12. The van der Waals surface area contributed by atoms with E-state index < -0.39 is 22.8 Å². The number of carbonyl (C=O) groups excluding carboxylic acids is 1. The second-order valence-corrected chi connectivity index (χ2v) is 5.90. The van der Waals surface area contributed by atoms with Gasteiger partial charge in [0, 0.05) is 17.3 Å². The molecule has 0 atom stereocenters. The van der Waals surface area contributed by atoms with E-state index in [0.29, 0.717) is 5.02 Å². The first kappa shape index (κ1) is 18.4. The van der Waals surface area contributed by atoms with Crippen molar-refractivity contribution in [2.75, 3.05) is 5.32 Å². The fraction of sp³-hybridized carbons (Fsp3) is 0.188. The third-order valence-corrected chi connectivity index (χ3v) is 3.96. The van der Waals surface area contributed by atoms with Gasteiger partial charge in [0.1, 0.15) is 0 Å². The first-order valence-electron chi connectivity index (χ1n) is 6.83. The summed E-state index contributed by atoms with van der Waals surface area (Å²) in [5.41, 5.74) is 0.664. The molecule has 0 unspecified atom stereocenters. The van der Waals surface area contributed by atoms with Gasteiger partial charge >= 0.3 is 12.2 Å². The number of amides is 2. The lowest BCUT2D eigenvalue weighted by atomic mass is 10.1. The van der Waals surface area contributed by atoms with Gasteiger partial charge in [0.2, 0.25) is 0 Å². The van der Waals surface area contributed by atoms with Crippen LogP contribution in [0.25, 0.3) is 0 Å². The molecule has 2 amide bonds. The molecule has 0 aliphatic carbocycles. The van der Waals surface area contributed by atoms with Gasteiger partial charge in [-0.05, 0) is 42.3 Å². The Balaban J connectivity index is 2.01. The van der Waals surface area contributed by atoms with E-state index in [4.69, 9.17) is 23.2 Å². The zero-order valence-electron chi connectivity index (χ0n) is 12.5. The summed E-state index contributed by atoms with van der Waals surface area (Å²) in [6.45, 7) is 2.04. The quantitative estimate of drug-likeness (QED) is 0.714. The molecule has 0 radical (unpaired) electrons. The molecule has 2 aromatic rings. The number of anilines is 1. The smallest absolute Gasteiger partial charge is 0.334 e. The molecule has 2 rings (SSSR count). The van der Waals surface area contributed by atoms with E-state index in [9.17, 15) is 18.0 Å². The van der Waals surface area contributed by atoms with E-state index in [2.05, 4.69) is 10.6 Å². The van der Waals surface area contributed by atoms with E-state index >= 15 is 0 Å². The Morgan fingerprint density at radius 3 is 2.42 bits per heavy atom. The number of aryl methyl sites for hydroxylation is 1. The van der Waals surface area contributed by atoms with Gasteiger partial charge in [-0.15, -0.1) is 0 Å². The summed E-state index contributed by atoms with van der Waals surface area (Å²) in [4.78, 5) is 11.8. The molecular formula is C16H13Cl2F3N2O. The Hall–Kier alpha value is -1.92. The van der Waals surface area contributed by atoms with Crippen molar-refractivity contribution in [2.24, 2.45) is 0 Å². The molecule has 3 nitrogen and oxygen atoms in total. The maximum Gasteiger partial charge on any atom is 0.417 e. The first-order valence-corrected chi connectivity index (χ1v) is 7.59. The average Bonchev–Trinajstić information content (AvgIpc) is 2.49. The molecule has 0 fully saturated rings. The molecule has 8 heteroatoms. The lowest BCUT2D eigenvalue weighted by molar-refractivity contribution is -0.137. The molecule has 0 saturated heterocycles. The minimum Gasteiger partial charge on any atom is -0.334 e. The molecule has 0 aliphatic heterocycles. The number of nitrogens with one attached hydrogen (secondary N) is 2. The third-order valence-electron chi connectivity index (χ3n) is 3.22. The molecule has 0 heterocycles. The van der Waals surface area contributed by atoms with Gasteiger partial charge in [-0.1, -0.05) is 35.3 Å². The van der Waals surface area contributed by atoms with Gasteiger partial charge in [-0.2, -0.15) is 13.2 Å². The van der Waals surface area contributed by atoms with Crippen LogP contribution < -0.4 is 10.6 Å². The highest BCUT2D eigenvalue weighted by Crippen LogP contribution is 2.36. The molecule has 0 saturated carbocycles. The van der Waals surface area contributed by atoms with Gasteiger partial charge in [-0.3, -0.25) is 0 Å². The van der Waals surface area contributed by atoms with Crippen LogP contribution in [0.4, 0.5) is 23.7 Å². The zero-order chi connectivity index (χ0) is 17.9. The Morgan fingerprint density at radius 2 is 1.79 bits per heavy atom. The normalized spacial score (nSPS) is 11.2. The second kappa shape index (κ2) is 7.32. The van der Waals surface area contributed by atoms with Crippen LogP contribution in [0.3, 0.4) is 0 Å². The summed E-state index contributed by atoms with van der Waals surface area (Å²) in [5, 5.41) is 5.02. The van der Waals surface area contributed by atoms with Crippen molar-refractivity contribution < 1.29 is 18.0 Å². The highest BCUT2D eigenvalue weighted by molar-refractivity contribution is 6.31. The summed E-state index contributed by atoms with van der Waals surface area (Å²) in [7, 11) is 0. The van der Waals surface area contributed by atoms with Gasteiger partial charge < -0.3 is 10.6 Å². The number of benzene rings is 2. The Morgan fingerprint density at radius 1 is 1.08 bits per heavy atom. The molecule has 2 aromatic carbocycles. The Kier molecular flexibility index (Phi) is 5.62. The van der Waals surface area contributed by atoms with E-state index in [1.165, 1.54) is 6.07 Å². The molecule has 128 valence electrons. The maximum atomic E-state index is 12.8. The number of halogens is 5. The number of rotatable bonds is 3. The van der Waals surface area contributed by atoms with Crippen molar-refractivity contribution in [2.45, 2.75) is 19.6 Å². The van der Waals surface area contributed by atoms with Crippen LogP contribution in [0.1, 0.15) is 16.7 Å². The Bertz CT molecular complexity index is 763. The van der Waals surface area contributed by atoms with Crippen molar-refractivity contribution in [3.63, 3.8) is 0 Å². The number of hydrogen-bond donors (Lipinski definition) is 2. The van der Waals surface area contributed by atoms with Crippen LogP contribution in [-0.4, -0.2) is 6.03 Å². The fourth-order valence-corrected chi connectivity index (χ4v) is 2.35. The predicted molar refractivity (Wildman–Crippen MR) is 88.5 cm³/mol. The van der Waals surface area contributed by atoms with E-state index in [-0.39, 0.29) is 12.2 Å². The predicted octanol–water partition coefficient (Wildman–Crippen LogP) is 5.64. The highest BCUT2D eigenvalue weighted by Gasteiger charge is 2.33. The number of hydrogen-bond acceptors (Lipinski definition) is 1. The van der Waals surface area contributed by atoms with Crippen LogP contribution >= 0.6 is 23.2 Å². The largest absolute Gasteiger partial charge is 0.417 e. The first-order chi connectivity index (χ1) is 11.2. The standard InChI is InChI=1S/C16H13Cl2F3N2O/c1-9-2-3-10(6-14(9)18)8-22-15(24)23-11-4-5-13(17)12(7-11)16(19,20)21/h2-7H,8H2,1H3,(H2,22,23,24). The van der Waals surface area contributed by atoms with Crippen LogP contribution in [0.5, 0.6) is 0 Å². The molecule has 0 aliphatic rings. The summed E-state index contributed by atoms with van der Waals surface area (Å²) in [5.74, 6) is 0. The number of alkyl halides is 3. The molecule has 0 aromatic heterocycles. The van der Waals surface area contributed by atoms with E-state index in [1.807, 2.05) is 13.0 Å². The van der Waals surface area contributed by atoms with Crippen molar-refractivity contribution in [1.29, 1.82) is 0 Å². The molecule has 24 heavy (non-hydrogen) atoms. The summed E-state index contributed by atoms with van der Waals surface area (Å²) in [6, 6.07) is 7.84. The minimum absolute atomic E-state index is 0.00818. The molecule has 2 N–H and O–H groups in total.